The van der Waals surface area contributed by atoms with Gasteiger partial charge in [0.1, 0.15) is 5.76 Å². The minimum atomic E-state index is 0.135. The van der Waals surface area contributed by atoms with Crippen LogP contribution in [0.2, 0.25) is 0 Å². The van der Waals surface area contributed by atoms with Crippen molar-refractivity contribution in [1.82, 2.24) is 10.2 Å². The lowest BCUT2D eigenvalue weighted by atomic mass is 10.0. The van der Waals surface area contributed by atoms with Gasteiger partial charge in [-0.2, -0.15) is 0 Å². The van der Waals surface area contributed by atoms with E-state index in [-0.39, 0.29) is 12.1 Å². The predicted molar refractivity (Wildman–Crippen MR) is 70.1 cm³/mol. The van der Waals surface area contributed by atoms with Crippen LogP contribution in [0.4, 0.5) is 0 Å². The summed E-state index contributed by atoms with van der Waals surface area (Å²) < 4.78 is 12.5. The van der Waals surface area contributed by atoms with Crippen LogP contribution < -0.4 is 5.32 Å². The number of ether oxygens (including phenoxy) is 1. The fourth-order valence-electron chi connectivity index (χ4n) is 2.20. The van der Waals surface area contributed by atoms with E-state index >= 15 is 0 Å². The summed E-state index contributed by atoms with van der Waals surface area (Å²) in [6.07, 6.45) is 1.85. The summed E-state index contributed by atoms with van der Waals surface area (Å²) in [5.41, 5.74) is 0. The van der Waals surface area contributed by atoms with E-state index in [1.807, 2.05) is 6.07 Å². The Balaban J connectivity index is 2.16. The summed E-state index contributed by atoms with van der Waals surface area (Å²) in [7, 11) is 2.11. The van der Waals surface area contributed by atoms with E-state index in [4.69, 9.17) is 9.15 Å². The molecule has 0 aliphatic carbocycles. The summed E-state index contributed by atoms with van der Waals surface area (Å²) in [6, 6.07) is 2.11. The van der Waals surface area contributed by atoms with Gasteiger partial charge in [0.2, 0.25) is 0 Å². The summed E-state index contributed by atoms with van der Waals surface area (Å²) in [4.78, 5) is 2.29. The first-order valence-electron chi connectivity index (χ1n) is 5.99. The fraction of sp³-hybridized carbons (Fsp3) is 0.667. The molecule has 17 heavy (non-hydrogen) atoms. The van der Waals surface area contributed by atoms with Crippen molar-refractivity contribution < 1.29 is 9.15 Å². The van der Waals surface area contributed by atoms with E-state index in [1.54, 1.807) is 6.26 Å². The van der Waals surface area contributed by atoms with Crippen molar-refractivity contribution in [2.24, 2.45) is 0 Å². The highest BCUT2D eigenvalue weighted by atomic mass is 79.9. The zero-order chi connectivity index (χ0) is 12.3. The second kappa shape index (κ2) is 6.00. The molecule has 1 aromatic rings. The Morgan fingerprint density at radius 2 is 2.41 bits per heavy atom. The van der Waals surface area contributed by atoms with Gasteiger partial charge < -0.3 is 14.5 Å². The summed E-state index contributed by atoms with van der Waals surface area (Å²) in [5.74, 6) is 0.954. The molecule has 2 rings (SSSR count). The molecule has 1 aliphatic heterocycles. The van der Waals surface area contributed by atoms with Crippen LogP contribution in [0.25, 0.3) is 0 Å². The molecule has 0 bridgehead atoms. The van der Waals surface area contributed by atoms with Gasteiger partial charge in [0, 0.05) is 13.1 Å². The molecule has 0 spiro atoms. The summed E-state index contributed by atoms with van der Waals surface area (Å²) in [5, 5.41) is 3.34. The first-order chi connectivity index (χ1) is 8.24. The molecule has 1 aliphatic rings. The van der Waals surface area contributed by atoms with Gasteiger partial charge in [-0.1, -0.05) is 6.92 Å². The van der Waals surface area contributed by atoms with Crippen molar-refractivity contribution >= 4 is 15.9 Å². The van der Waals surface area contributed by atoms with Crippen molar-refractivity contribution in [2.75, 3.05) is 33.3 Å². The molecule has 1 aromatic heterocycles. The number of hydrogen-bond donors (Lipinski definition) is 1. The first kappa shape index (κ1) is 13.1. The van der Waals surface area contributed by atoms with Crippen molar-refractivity contribution in [2.45, 2.75) is 19.1 Å². The zero-order valence-corrected chi connectivity index (χ0v) is 11.9. The van der Waals surface area contributed by atoms with Gasteiger partial charge in [0.15, 0.2) is 0 Å². The standard InChI is InChI=1S/C12H19BrN2O2/c1-3-14-8-10-11(15(2)5-7-16-10)12-9(13)4-6-17-12/h4,6,10-11,14H,3,5,7-8H2,1-2H3. The normalized spacial score (nSPS) is 26.3. The van der Waals surface area contributed by atoms with E-state index in [9.17, 15) is 0 Å². The fourth-order valence-corrected chi connectivity index (χ4v) is 2.64. The molecule has 2 atom stereocenters. The molecule has 0 radical (unpaired) electrons. The molecule has 0 saturated carbocycles. The molecule has 1 N–H and O–H groups in total. The van der Waals surface area contributed by atoms with E-state index in [1.165, 1.54) is 0 Å². The Kier molecular flexibility index (Phi) is 4.62. The molecular formula is C12H19BrN2O2. The average molecular weight is 303 g/mol. The van der Waals surface area contributed by atoms with Crippen molar-refractivity contribution in [3.63, 3.8) is 0 Å². The Hall–Kier alpha value is -0.360. The van der Waals surface area contributed by atoms with Crippen LogP contribution in [0.15, 0.2) is 21.2 Å². The van der Waals surface area contributed by atoms with E-state index in [2.05, 4.69) is 40.1 Å². The highest BCUT2D eigenvalue weighted by Gasteiger charge is 2.34. The van der Waals surface area contributed by atoms with E-state index in [0.29, 0.717) is 0 Å². The largest absolute Gasteiger partial charge is 0.466 e. The van der Waals surface area contributed by atoms with Crippen LogP contribution in [0.5, 0.6) is 0 Å². The topological polar surface area (TPSA) is 37.6 Å². The maximum absolute atomic E-state index is 5.86. The number of halogens is 1. The van der Waals surface area contributed by atoms with Crippen molar-refractivity contribution in [1.29, 1.82) is 0 Å². The van der Waals surface area contributed by atoms with E-state index < -0.39 is 0 Å². The van der Waals surface area contributed by atoms with Crippen molar-refractivity contribution in [3.05, 3.63) is 22.6 Å². The van der Waals surface area contributed by atoms with Crippen LogP contribution >= 0.6 is 15.9 Å². The quantitative estimate of drug-likeness (QED) is 0.923. The van der Waals surface area contributed by atoms with Gasteiger partial charge in [0.05, 0.1) is 29.5 Å². The highest BCUT2D eigenvalue weighted by Crippen LogP contribution is 2.33. The molecule has 1 saturated heterocycles. The SMILES string of the molecule is CCNCC1OCCN(C)C1c1occc1Br. The highest BCUT2D eigenvalue weighted by molar-refractivity contribution is 9.10. The molecule has 1 fully saturated rings. The first-order valence-corrected chi connectivity index (χ1v) is 6.78. The second-order valence-corrected chi connectivity index (χ2v) is 5.13. The Bertz CT molecular complexity index is 356. The van der Waals surface area contributed by atoms with Crippen LogP contribution in [0.1, 0.15) is 18.7 Å². The lowest BCUT2D eigenvalue weighted by Gasteiger charge is -2.38. The molecule has 0 aromatic carbocycles. The van der Waals surface area contributed by atoms with Gasteiger partial charge in [0.25, 0.3) is 0 Å². The monoisotopic (exact) mass is 302 g/mol. The van der Waals surface area contributed by atoms with Crippen LogP contribution in [0, 0.1) is 0 Å². The average Bonchev–Trinajstić information content (AvgIpc) is 2.73. The molecular weight excluding hydrogens is 284 g/mol. The minimum Gasteiger partial charge on any atom is -0.466 e. The molecule has 0 amide bonds. The number of nitrogens with one attached hydrogen (secondary N) is 1. The molecule has 5 heteroatoms. The Labute approximate surface area is 110 Å². The van der Waals surface area contributed by atoms with Crippen LogP contribution in [-0.4, -0.2) is 44.3 Å². The number of furan rings is 1. The molecule has 96 valence electrons. The van der Waals surface area contributed by atoms with Gasteiger partial charge in [-0.15, -0.1) is 0 Å². The maximum atomic E-state index is 5.86. The molecule has 4 nitrogen and oxygen atoms in total. The Morgan fingerprint density at radius 1 is 1.59 bits per heavy atom. The van der Waals surface area contributed by atoms with Gasteiger partial charge >= 0.3 is 0 Å². The maximum Gasteiger partial charge on any atom is 0.137 e. The third kappa shape index (κ3) is 2.91. The number of rotatable bonds is 4. The van der Waals surface area contributed by atoms with Crippen molar-refractivity contribution in [3.8, 4) is 0 Å². The summed E-state index contributed by atoms with van der Waals surface area (Å²) in [6.45, 7) is 5.61. The number of nitrogens with zero attached hydrogens (tertiary/aromatic N) is 1. The second-order valence-electron chi connectivity index (χ2n) is 4.28. The lowest BCUT2D eigenvalue weighted by Crippen LogP contribution is -2.47. The summed E-state index contributed by atoms with van der Waals surface area (Å²) >= 11 is 3.53. The number of morpholine rings is 1. The lowest BCUT2D eigenvalue weighted by molar-refractivity contribution is -0.0677. The zero-order valence-electron chi connectivity index (χ0n) is 10.3. The number of likely N-dealkylation sites (N-methyl/N-ethyl adjacent to an activating group) is 2. The third-order valence-electron chi connectivity index (χ3n) is 3.11. The van der Waals surface area contributed by atoms with Gasteiger partial charge in [-0.25, -0.2) is 0 Å². The van der Waals surface area contributed by atoms with E-state index in [0.717, 1.165) is 36.5 Å². The van der Waals surface area contributed by atoms with Crippen LogP contribution in [0.3, 0.4) is 0 Å². The van der Waals surface area contributed by atoms with Gasteiger partial charge in [-0.05, 0) is 35.6 Å². The third-order valence-corrected chi connectivity index (χ3v) is 3.77. The smallest absolute Gasteiger partial charge is 0.137 e. The molecule has 2 unspecified atom stereocenters. The van der Waals surface area contributed by atoms with Gasteiger partial charge in [-0.3, -0.25) is 4.90 Å². The predicted octanol–water partition coefficient (Wildman–Crippen LogP) is 2.02. The minimum absolute atomic E-state index is 0.135. The molecule has 2 heterocycles. The Morgan fingerprint density at radius 3 is 3.06 bits per heavy atom. The van der Waals surface area contributed by atoms with Crippen LogP contribution in [-0.2, 0) is 4.74 Å². The number of hydrogen-bond acceptors (Lipinski definition) is 4.